The Balaban J connectivity index is 3.48. The SMILES string of the molecule is CC#CCC(CCCCCCCCCC)C(=O)O. The molecule has 0 spiro atoms. The normalized spacial score (nSPS) is 11.7. The highest BCUT2D eigenvalue weighted by Crippen LogP contribution is 2.15. The van der Waals surface area contributed by atoms with Crippen molar-refractivity contribution in [3.8, 4) is 11.8 Å². The van der Waals surface area contributed by atoms with Crippen LogP contribution in [0.2, 0.25) is 0 Å². The van der Waals surface area contributed by atoms with Gasteiger partial charge in [0.1, 0.15) is 0 Å². The van der Waals surface area contributed by atoms with Gasteiger partial charge in [-0.05, 0) is 13.3 Å². The monoisotopic (exact) mass is 252 g/mol. The van der Waals surface area contributed by atoms with Gasteiger partial charge in [0, 0.05) is 6.42 Å². The van der Waals surface area contributed by atoms with E-state index in [1.807, 2.05) is 0 Å². The lowest BCUT2D eigenvalue weighted by Crippen LogP contribution is -2.12. The van der Waals surface area contributed by atoms with E-state index in [2.05, 4.69) is 18.8 Å². The number of rotatable bonds is 11. The fraction of sp³-hybridized carbons (Fsp3) is 0.812. The summed E-state index contributed by atoms with van der Waals surface area (Å²) in [5.41, 5.74) is 0. The predicted molar refractivity (Wildman–Crippen MR) is 76.4 cm³/mol. The quantitative estimate of drug-likeness (QED) is 0.430. The van der Waals surface area contributed by atoms with Crippen molar-refractivity contribution in [2.24, 2.45) is 5.92 Å². The molecule has 0 aromatic heterocycles. The van der Waals surface area contributed by atoms with Gasteiger partial charge in [0.15, 0.2) is 0 Å². The second kappa shape index (κ2) is 12.5. The van der Waals surface area contributed by atoms with Gasteiger partial charge in [0.05, 0.1) is 5.92 Å². The van der Waals surface area contributed by atoms with E-state index in [0.29, 0.717) is 6.42 Å². The first kappa shape index (κ1) is 17.0. The third-order valence-electron chi connectivity index (χ3n) is 3.28. The third kappa shape index (κ3) is 10.2. The van der Waals surface area contributed by atoms with Gasteiger partial charge in [-0.2, -0.15) is 0 Å². The maximum Gasteiger partial charge on any atom is 0.307 e. The number of unbranched alkanes of at least 4 members (excludes halogenated alkanes) is 7. The first-order valence-electron chi connectivity index (χ1n) is 7.34. The van der Waals surface area contributed by atoms with Crippen molar-refractivity contribution in [1.82, 2.24) is 0 Å². The summed E-state index contributed by atoms with van der Waals surface area (Å²) in [6.45, 7) is 3.99. The molecular weight excluding hydrogens is 224 g/mol. The summed E-state index contributed by atoms with van der Waals surface area (Å²) in [6.07, 6.45) is 11.3. The van der Waals surface area contributed by atoms with Gasteiger partial charge in [0.2, 0.25) is 0 Å². The van der Waals surface area contributed by atoms with Gasteiger partial charge in [-0.3, -0.25) is 4.79 Å². The van der Waals surface area contributed by atoms with Crippen LogP contribution in [0, 0.1) is 17.8 Å². The first-order chi connectivity index (χ1) is 8.72. The summed E-state index contributed by atoms with van der Waals surface area (Å²) in [5.74, 6) is 4.68. The van der Waals surface area contributed by atoms with E-state index in [0.717, 1.165) is 19.3 Å². The smallest absolute Gasteiger partial charge is 0.307 e. The highest BCUT2D eigenvalue weighted by Gasteiger charge is 2.15. The van der Waals surface area contributed by atoms with Crippen molar-refractivity contribution in [3.05, 3.63) is 0 Å². The molecule has 0 fully saturated rings. The predicted octanol–water partition coefficient (Wildman–Crippen LogP) is 4.63. The average molecular weight is 252 g/mol. The molecular formula is C16H28O2. The van der Waals surface area contributed by atoms with Crippen LogP contribution >= 0.6 is 0 Å². The highest BCUT2D eigenvalue weighted by atomic mass is 16.4. The Labute approximate surface area is 112 Å². The van der Waals surface area contributed by atoms with Gasteiger partial charge < -0.3 is 5.11 Å². The van der Waals surface area contributed by atoms with Crippen LogP contribution in [-0.2, 0) is 4.79 Å². The molecule has 0 bridgehead atoms. The molecule has 0 amide bonds. The number of carboxylic acid groups (broad SMARTS) is 1. The molecule has 0 radical (unpaired) electrons. The molecule has 0 saturated heterocycles. The molecule has 0 aromatic rings. The molecule has 1 atom stereocenters. The molecule has 2 nitrogen and oxygen atoms in total. The molecule has 0 aromatic carbocycles. The molecule has 2 heteroatoms. The van der Waals surface area contributed by atoms with Crippen LogP contribution < -0.4 is 0 Å². The molecule has 104 valence electrons. The third-order valence-corrected chi connectivity index (χ3v) is 3.28. The van der Waals surface area contributed by atoms with Crippen molar-refractivity contribution in [1.29, 1.82) is 0 Å². The van der Waals surface area contributed by atoms with Crippen molar-refractivity contribution >= 4 is 5.97 Å². The summed E-state index contributed by atoms with van der Waals surface area (Å²) in [6, 6.07) is 0. The van der Waals surface area contributed by atoms with Crippen molar-refractivity contribution in [3.63, 3.8) is 0 Å². The largest absolute Gasteiger partial charge is 0.481 e. The van der Waals surface area contributed by atoms with E-state index in [1.54, 1.807) is 6.92 Å². The van der Waals surface area contributed by atoms with E-state index in [4.69, 9.17) is 5.11 Å². The fourth-order valence-corrected chi connectivity index (χ4v) is 2.06. The van der Waals surface area contributed by atoms with E-state index in [-0.39, 0.29) is 5.92 Å². The van der Waals surface area contributed by atoms with Gasteiger partial charge in [0.25, 0.3) is 0 Å². The minimum Gasteiger partial charge on any atom is -0.481 e. The van der Waals surface area contributed by atoms with Crippen LogP contribution in [0.4, 0.5) is 0 Å². The molecule has 0 rings (SSSR count). The lowest BCUT2D eigenvalue weighted by Gasteiger charge is -2.08. The maximum atomic E-state index is 11.0. The number of hydrogen-bond acceptors (Lipinski definition) is 1. The topological polar surface area (TPSA) is 37.3 Å². The molecule has 0 saturated carbocycles. The summed E-state index contributed by atoms with van der Waals surface area (Å²) in [7, 11) is 0. The number of aliphatic carboxylic acids is 1. The molecule has 0 heterocycles. The highest BCUT2D eigenvalue weighted by molar-refractivity contribution is 5.70. The molecule has 0 aliphatic rings. The maximum absolute atomic E-state index is 11.0. The average Bonchev–Trinajstić information content (AvgIpc) is 2.35. The number of hydrogen-bond donors (Lipinski definition) is 1. The standard InChI is InChI=1S/C16H28O2/c1-3-5-7-8-9-10-11-12-14-15(16(17)18)13-6-4-2/h15H,3,5,7-14H2,1-2H3,(H,17,18). The van der Waals surface area contributed by atoms with Crippen molar-refractivity contribution < 1.29 is 9.90 Å². The molecule has 1 unspecified atom stereocenters. The zero-order valence-electron chi connectivity index (χ0n) is 12.0. The van der Waals surface area contributed by atoms with Gasteiger partial charge in [-0.15, -0.1) is 11.8 Å². The van der Waals surface area contributed by atoms with Crippen LogP contribution in [-0.4, -0.2) is 11.1 Å². The Hall–Kier alpha value is -0.970. The summed E-state index contributed by atoms with van der Waals surface area (Å²) < 4.78 is 0. The molecule has 1 N–H and O–H groups in total. The minimum absolute atomic E-state index is 0.266. The second-order valence-electron chi connectivity index (χ2n) is 4.93. The Bertz CT molecular complexity index is 260. The van der Waals surface area contributed by atoms with Crippen molar-refractivity contribution in [2.75, 3.05) is 0 Å². The minimum atomic E-state index is -0.694. The Morgan fingerprint density at radius 1 is 1.06 bits per heavy atom. The van der Waals surface area contributed by atoms with Crippen LogP contribution in [0.25, 0.3) is 0 Å². The van der Waals surface area contributed by atoms with Crippen LogP contribution in [0.5, 0.6) is 0 Å². The molecule has 0 aliphatic heterocycles. The first-order valence-corrected chi connectivity index (χ1v) is 7.34. The summed E-state index contributed by atoms with van der Waals surface area (Å²) >= 11 is 0. The van der Waals surface area contributed by atoms with E-state index >= 15 is 0 Å². The zero-order chi connectivity index (χ0) is 13.6. The van der Waals surface area contributed by atoms with E-state index < -0.39 is 5.97 Å². The van der Waals surface area contributed by atoms with E-state index in [9.17, 15) is 4.79 Å². The Morgan fingerprint density at radius 2 is 1.61 bits per heavy atom. The van der Waals surface area contributed by atoms with E-state index in [1.165, 1.54) is 38.5 Å². The Morgan fingerprint density at radius 3 is 2.11 bits per heavy atom. The Kier molecular flexibility index (Phi) is 11.8. The summed E-state index contributed by atoms with van der Waals surface area (Å²) in [4.78, 5) is 11.0. The van der Waals surface area contributed by atoms with Gasteiger partial charge >= 0.3 is 5.97 Å². The number of carbonyl (C=O) groups is 1. The summed E-state index contributed by atoms with van der Waals surface area (Å²) in [5, 5.41) is 9.03. The zero-order valence-corrected chi connectivity index (χ0v) is 12.0. The lowest BCUT2D eigenvalue weighted by molar-refractivity contribution is -0.141. The number of carboxylic acids is 1. The fourth-order valence-electron chi connectivity index (χ4n) is 2.06. The van der Waals surface area contributed by atoms with Crippen molar-refractivity contribution in [2.45, 2.75) is 78.1 Å². The van der Waals surface area contributed by atoms with Gasteiger partial charge in [-0.1, -0.05) is 58.3 Å². The molecule has 18 heavy (non-hydrogen) atoms. The van der Waals surface area contributed by atoms with Gasteiger partial charge in [-0.25, -0.2) is 0 Å². The molecule has 0 aliphatic carbocycles. The van der Waals surface area contributed by atoms with Crippen LogP contribution in [0.15, 0.2) is 0 Å². The lowest BCUT2D eigenvalue weighted by atomic mass is 9.97. The van der Waals surface area contributed by atoms with Crippen LogP contribution in [0.3, 0.4) is 0 Å². The van der Waals surface area contributed by atoms with Crippen LogP contribution in [0.1, 0.15) is 78.1 Å². The second-order valence-corrected chi connectivity index (χ2v) is 4.93.